The normalized spacial score (nSPS) is 14.4. The van der Waals surface area contributed by atoms with E-state index < -0.39 is 67.1 Å². The highest BCUT2D eigenvalue weighted by atomic mass is 19.4. The molecule has 0 radical (unpaired) electrons. The molecule has 0 aliphatic rings. The lowest BCUT2D eigenvalue weighted by Gasteiger charge is -2.42. The van der Waals surface area contributed by atoms with Crippen LogP contribution in [0.2, 0.25) is 0 Å². The molecule has 19 heteroatoms. The number of halogens is 17. The molecule has 0 aliphatic heterocycles. The van der Waals surface area contributed by atoms with E-state index >= 15 is 0 Å². The van der Waals surface area contributed by atoms with Gasteiger partial charge in [-0.05, 0) is 41.8 Å². The summed E-state index contributed by atoms with van der Waals surface area (Å²) in [7, 11) is 0. The number of rotatable bonds is 12. The summed E-state index contributed by atoms with van der Waals surface area (Å²) < 4.78 is 231. The van der Waals surface area contributed by atoms with Gasteiger partial charge in [-0.1, -0.05) is 24.3 Å². The fourth-order valence-electron chi connectivity index (χ4n) is 3.32. The molecule has 2 nitrogen and oxygen atoms in total. The zero-order valence-corrected chi connectivity index (χ0v) is 20.5. The minimum atomic E-state index is -8.64. The van der Waals surface area contributed by atoms with Gasteiger partial charge in [-0.15, -0.1) is 0 Å². The Morgan fingerprint density at radius 2 is 0.884 bits per heavy atom. The van der Waals surface area contributed by atoms with Gasteiger partial charge in [0.1, 0.15) is 5.75 Å². The van der Waals surface area contributed by atoms with Gasteiger partial charge >= 0.3 is 47.6 Å². The molecule has 0 fully saturated rings. The number of nitrogens with zero attached hydrogens (tertiary/aromatic N) is 1. The Morgan fingerprint density at radius 3 is 1.28 bits per heavy atom. The average Bonchev–Trinajstić information content (AvgIpc) is 2.90. The third kappa shape index (κ3) is 5.88. The lowest BCUT2D eigenvalue weighted by molar-refractivity contribution is -0.461. The third-order valence-electron chi connectivity index (χ3n) is 5.89. The molecule has 0 saturated carbocycles. The van der Waals surface area contributed by atoms with Crippen LogP contribution in [0.3, 0.4) is 0 Å². The second kappa shape index (κ2) is 11.2. The molecule has 43 heavy (non-hydrogen) atoms. The fraction of sp³-hybridized carbons (Fsp3) is 0.458. The monoisotopic (exact) mass is 655 g/mol. The Balaban J connectivity index is 2.17. The maximum atomic E-state index is 14.0. The second-order valence-electron chi connectivity index (χ2n) is 8.81. The predicted molar refractivity (Wildman–Crippen MR) is 112 cm³/mol. The van der Waals surface area contributed by atoms with Crippen molar-refractivity contribution >= 4 is 0 Å². The van der Waals surface area contributed by atoms with Gasteiger partial charge in [-0.3, -0.25) is 0 Å². The Hall–Kier alpha value is -3.46. The highest BCUT2D eigenvalue weighted by Gasteiger charge is 2.95. The van der Waals surface area contributed by atoms with Crippen LogP contribution >= 0.6 is 0 Å². The Morgan fingerprint density at radius 1 is 0.512 bits per heavy atom. The first-order chi connectivity index (χ1) is 19.2. The first-order valence-electron chi connectivity index (χ1n) is 11.2. The van der Waals surface area contributed by atoms with E-state index in [2.05, 4.69) is 0 Å². The SMILES string of the molecule is N#Cc1ccc(-c2ccc(OCCCC(F)(F)C(F)(F)C(F)(F)C(F)(F)C(F)(F)C(F)(F)C(F)(F)C(F)(F)F)cc2)cc1. The van der Waals surface area contributed by atoms with Gasteiger partial charge in [0.25, 0.3) is 0 Å². The van der Waals surface area contributed by atoms with Crippen LogP contribution < -0.4 is 4.74 Å². The van der Waals surface area contributed by atoms with Crippen LogP contribution in [0.5, 0.6) is 5.75 Å². The summed E-state index contributed by atoms with van der Waals surface area (Å²) in [5.74, 6) is -56.5. The van der Waals surface area contributed by atoms with Gasteiger partial charge in [-0.25, -0.2) is 0 Å². The number of hydrogen-bond donors (Lipinski definition) is 0. The molecule has 240 valence electrons. The standard InChI is InChI=1S/C24H14F17NO/c25-17(26,10-1-11-43-16-8-6-15(7-9-16)14-4-2-13(12-42)3-5-14)18(27,28)19(29,30)20(31,32)21(33,34)22(35,36)23(37,38)24(39,40)41/h2-9H,1,10-11H2. The van der Waals surface area contributed by atoms with E-state index in [1.54, 1.807) is 12.1 Å². The molecule has 0 aromatic heterocycles. The maximum Gasteiger partial charge on any atom is 0.460 e. The molecule has 2 aromatic rings. The van der Waals surface area contributed by atoms with Crippen LogP contribution in [0.4, 0.5) is 74.6 Å². The van der Waals surface area contributed by atoms with E-state index in [0.29, 0.717) is 16.7 Å². The molecule has 0 bridgehead atoms. The number of nitriles is 1. The van der Waals surface area contributed by atoms with Crippen molar-refractivity contribution in [1.82, 2.24) is 0 Å². The van der Waals surface area contributed by atoms with Crippen LogP contribution in [-0.2, 0) is 0 Å². The smallest absolute Gasteiger partial charge is 0.460 e. The van der Waals surface area contributed by atoms with Gasteiger partial charge in [0.15, 0.2) is 0 Å². The molecule has 0 unspecified atom stereocenters. The van der Waals surface area contributed by atoms with Gasteiger partial charge in [0.2, 0.25) is 0 Å². The van der Waals surface area contributed by atoms with Crippen LogP contribution in [0.15, 0.2) is 48.5 Å². The minimum absolute atomic E-state index is 0.142. The molecule has 2 rings (SSSR count). The Kier molecular flexibility index (Phi) is 9.33. The van der Waals surface area contributed by atoms with Gasteiger partial charge in [-0.2, -0.15) is 79.9 Å². The molecule has 0 amide bonds. The lowest BCUT2D eigenvalue weighted by Crippen LogP contribution is -2.74. The zero-order chi connectivity index (χ0) is 33.5. The minimum Gasteiger partial charge on any atom is -0.494 e. The lowest BCUT2D eigenvalue weighted by atomic mass is 9.88. The molecular formula is C24H14F17NO. The summed E-state index contributed by atoms with van der Waals surface area (Å²) in [6, 6.07) is 13.1. The second-order valence-corrected chi connectivity index (χ2v) is 8.81. The summed E-state index contributed by atoms with van der Waals surface area (Å²) in [6.45, 7) is -1.03. The van der Waals surface area contributed by atoms with E-state index in [9.17, 15) is 74.6 Å². The number of alkyl halides is 17. The first-order valence-corrected chi connectivity index (χ1v) is 11.2. The van der Waals surface area contributed by atoms with Crippen molar-refractivity contribution < 1.29 is 79.4 Å². The molecule has 0 aliphatic carbocycles. The van der Waals surface area contributed by atoms with Crippen LogP contribution in [-0.4, -0.2) is 54.2 Å². The highest BCUT2D eigenvalue weighted by molar-refractivity contribution is 5.64. The van der Waals surface area contributed by atoms with Crippen molar-refractivity contribution in [3.05, 3.63) is 54.1 Å². The van der Waals surface area contributed by atoms with Crippen LogP contribution in [0.25, 0.3) is 11.1 Å². The van der Waals surface area contributed by atoms with Crippen molar-refractivity contribution in [2.75, 3.05) is 6.61 Å². The van der Waals surface area contributed by atoms with Crippen molar-refractivity contribution in [3.8, 4) is 22.9 Å². The van der Waals surface area contributed by atoms with Crippen molar-refractivity contribution in [2.24, 2.45) is 0 Å². The van der Waals surface area contributed by atoms with Gasteiger partial charge in [0.05, 0.1) is 18.2 Å². The third-order valence-corrected chi connectivity index (χ3v) is 5.89. The molecule has 0 N–H and O–H groups in total. The first kappa shape index (κ1) is 35.7. The summed E-state index contributed by atoms with van der Waals surface area (Å²) >= 11 is 0. The van der Waals surface area contributed by atoms with Gasteiger partial charge in [0, 0.05) is 6.42 Å². The molecule has 0 atom stereocenters. The van der Waals surface area contributed by atoms with Crippen LogP contribution in [0, 0.1) is 11.3 Å². The summed E-state index contributed by atoms with van der Waals surface area (Å²) in [6.07, 6.45) is -11.8. The summed E-state index contributed by atoms with van der Waals surface area (Å²) in [4.78, 5) is 0. The predicted octanol–water partition coefficient (Wildman–Crippen LogP) is 9.39. The van der Waals surface area contributed by atoms with Crippen molar-refractivity contribution in [1.29, 1.82) is 5.26 Å². The Bertz CT molecular complexity index is 1290. The van der Waals surface area contributed by atoms with E-state index in [0.717, 1.165) is 0 Å². The van der Waals surface area contributed by atoms with E-state index in [4.69, 9.17) is 10.00 Å². The maximum absolute atomic E-state index is 14.0. The van der Waals surface area contributed by atoms with E-state index in [-0.39, 0.29) is 5.75 Å². The number of hydrogen-bond acceptors (Lipinski definition) is 2. The molecule has 2 aromatic carbocycles. The Labute approximate surface area is 229 Å². The molecule has 0 heterocycles. The van der Waals surface area contributed by atoms with Crippen molar-refractivity contribution in [3.63, 3.8) is 0 Å². The van der Waals surface area contributed by atoms with E-state index in [1.807, 2.05) is 6.07 Å². The topological polar surface area (TPSA) is 33.0 Å². The summed E-state index contributed by atoms with van der Waals surface area (Å²) in [5.41, 5.74) is 1.46. The summed E-state index contributed by atoms with van der Waals surface area (Å²) in [5, 5.41) is 8.78. The average molecular weight is 655 g/mol. The van der Waals surface area contributed by atoms with E-state index in [1.165, 1.54) is 36.4 Å². The quantitative estimate of drug-likeness (QED) is 0.169. The van der Waals surface area contributed by atoms with Gasteiger partial charge < -0.3 is 4.74 Å². The molecular weight excluding hydrogens is 641 g/mol. The van der Waals surface area contributed by atoms with Crippen LogP contribution in [0.1, 0.15) is 18.4 Å². The molecule has 0 saturated heterocycles. The largest absolute Gasteiger partial charge is 0.494 e. The van der Waals surface area contributed by atoms with Crippen molar-refractivity contribution in [2.45, 2.75) is 60.5 Å². The fourth-order valence-corrected chi connectivity index (χ4v) is 3.32. The number of ether oxygens (including phenoxy) is 1. The zero-order valence-electron chi connectivity index (χ0n) is 20.5. The molecule has 0 spiro atoms. The highest BCUT2D eigenvalue weighted by Crippen LogP contribution is 2.64. The number of benzene rings is 2.